The third kappa shape index (κ3) is 3.70. The Kier molecular flexibility index (Phi) is 4.96. The van der Waals surface area contributed by atoms with Crippen molar-refractivity contribution in [1.82, 2.24) is 19.7 Å². The molecule has 0 atom stereocenters. The van der Waals surface area contributed by atoms with Crippen LogP contribution in [0.5, 0.6) is 0 Å². The summed E-state index contributed by atoms with van der Waals surface area (Å²) in [5.41, 5.74) is 4.67. The first-order valence-electron chi connectivity index (χ1n) is 11.0. The van der Waals surface area contributed by atoms with Crippen LogP contribution < -0.4 is 0 Å². The molecule has 164 valence electrons. The molecule has 0 amide bonds. The van der Waals surface area contributed by atoms with Crippen molar-refractivity contribution >= 4 is 11.1 Å². The van der Waals surface area contributed by atoms with Crippen molar-refractivity contribution in [2.75, 3.05) is 13.2 Å². The van der Waals surface area contributed by atoms with E-state index in [-0.39, 0.29) is 11.9 Å². The van der Waals surface area contributed by atoms with E-state index in [0.29, 0.717) is 18.9 Å². The quantitative estimate of drug-likeness (QED) is 0.348. The first kappa shape index (κ1) is 19.8. The van der Waals surface area contributed by atoms with Crippen LogP contribution in [0.4, 0.5) is 4.39 Å². The maximum Gasteiger partial charge on any atom is 0.230 e. The van der Waals surface area contributed by atoms with Gasteiger partial charge in [-0.2, -0.15) is 5.10 Å². The SMILES string of the molecule is Fc1ccc(-c2nn(C3CCOCC3)cc2-c2ncnc3oc(-c4ccccc4)cc23)cc1. The van der Waals surface area contributed by atoms with Crippen LogP contribution in [0.25, 0.3) is 44.9 Å². The van der Waals surface area contributed by atoms with Gasteiger partial charge >= 0.3 is 0 Å². The molecular formula is C26H21FN4O2. The van der Waals surface area contributed by atoms with Crippen molar-refractivity contribution in [3.8, 4) is 33.8 Å². The second kappa shape index (κ2) is 8.26. The van der Waals surface area contributed by atoms with Gasteiger partial charge in [-0.05, 0) is 43.2 Å². The van der Waals surface area contributed by atoms with E-state index in [9.17, 15) is 4.39 Å². The largest absolute Gasteiger partial charge is 0.438 e. The van der Waals surface area contributed by atoms with Gasteiger partial charge in [-0.15, -0.1) is 0 Å². The zero-order valence-electron chi connectivity index (χ0n) is 17.8. The monoisotopic (exact) mass is 440 g/mol. The minimum atomic E-state index is -0.282. The molecule has 0 bridgehead atoms. The van der Waals surface area contributed by atoms with Gasteiger partial charge in [0, 0.05) is 36.1 Å². The summed E-state index contributed by atoms with van der Waals surface area (Å²) in [7, 11) is 0. The van der Waals surface area contributed by atoms with Crippen molar-refractivity contribution in [3.63, 3.8) is 0 Å². The summed E-state index contributed by atoms with van der Waals surface area (Å²) < 4.78 is 27.2. The first-order valence-corrected chi connectivity index (χ1v) is 11.0. The molecule has 2 aromatic carbocycles. The van der Waals surface area contributed by atoms with Gasteiger partial charge in [0.25, 0.3) is 0 Å². The highest BCUT2D eigenvalue weighted by atomic mass is 19.1. The fourth-order valence-electron chi connectivity index (χ4n) is 4.34. The van der Waals surface area contributed by atoms with Crippen LogP contribution in [0, 0.1) is 5.82 Å². The van der Waals surface area contributed by atoms with Gasteiger partial charge in [-0.25, -0.2) is 14.4 Å². The fraction of sp³-hybridized carbons (Fsp3) is 0.192. The van der Waals surface area contributed by atoms with Crippen LogP contribution in [-0.4, -0.2) is 33.0 Å². The van der Waals surface area contributed by atoms with E-state index in [4.69, 9.17) is 14.3 Å². The molecule has 1 fully saturated rings. The molecule has 1 aliphatic rings. The van der Waals surface area contributed by atoms with Gasteiger partial charge in [0.1, 0.15) is 23.6 Å². The molecule has 0 spiro atoms. The van der Waals surface area contributed by atoms with Crippen molar-refractivity contribution in [1.29, 1.82) is 0 Å². The Morgan fingerprint density at radius 1 is 0.879 bits per heavy atom. The predicted octanol–water partition coefficient (Wildman–Crippen LogP) is 5.91. The molecule has 0 N–H and O–H groups in total. The van der Waals surface area contributed by atoms with Crippen molar-refractivity contribution in [2.45, 2.75) is 18.9 Å². The number of halogens is 1. The topological polar surface area (TPSA) is 66.0 Å². The molecule has 0 aliphatic carbocycles. The summed E-state index contributed by atoms with van der Waals surface area (Å²) in [6.45, 7) is 1.43. The Morgan fingerprint density at radius 2 is 1.67 bits per heavy atom. The normalized spacial score (nSPS) is 14.7. The van der Waals surface area contributed by atoms with E-state index >= 15 is 0 Å². The minimum Gasteiger partial charge on any atom is -0.438 e. The summed E-state index contributed by atoms with van der Waals surface area (Å²) in [6, 6.07) is 18.5. The average molecular weight is 440 g/mol. The van der Waals surface area contributed by atoms with Crippen LogP contribution in [0.1, 0.15) is 18.9 Å². The smallest absolute Gasteiger partial charge is 0.230 e. The number of hydrogen-bond donors (Lipinski definition) is 0. The summed E-state index contributed by atoms with van der Waals surface area (Å²) in [4.78, 5) is 8.98. The number of nitrogens with zero attached hydrogens (tertiary/aromatic N) is 4. The van der Waals surface area contributed by atoms with Crippen molar-refractivity contribution < 1.29 is 13.5 Å². The van der Waals surface area contributed by atoms with Crippen LogP contribution >= 0.6 is 0 Å². The number of benzene rings is 2. The van der Waals surface area contributed by atoms with Gasteiger partial charge < -0.3 is 9.15 Å². The lowest BCUT2D eigenvalue weighted by atomic mass is 10.0. The Hall–Kier alpha value is -3.84. The highest BCUT2D eigenvalue weighted by molar-refractivity contribution is 5.95. The van der Waals surface area contributed by atoms with Crippen LogP contribution in [-0.2, 0) is 4.74 Å². The molecule has 4 heterocycles. The standard InChI is InChI=1S/C26H21FN4O2/c27-19-8-6-18(7-9-19)24-22(15-31(30-24)20-10-12-32-13-11-20)25-21-14-23(17-4-2-1-3-5-17)33-26(21)29-16-28-25/h1-9,14-16,20H,10-13H2. The maximum atomic E-state index is 13.6. The Bertz CT molecular complexity index is 1400. The predicted molar refractivity (Wildman–Crippen MR) is 123 cm³/mol. The summed E-state index contributed by atoms with van der Waals surface area (Å²) in [5.74, 6) is 0.448. The second-order valence-corrected chi connectivity index (χ2v) is 8.14. The molecule has 33 heavy (non-hydrogen) atoms. The van der Waals surface area contributed by atoms with E-state index in [2.05, 4.69) is 9.97 Å². The number of rotatable bonds is 4. The maximum absolute atomic E-state index is 13.6. The zero-order valence-corrected chi connectivity index (χ0v) is 17.8. The van der Waals surface area contributed by atoms with E-state index in [1.54, 1.807) is 12.1 Å². The molecule has 1 aliphatic heterocycles. The lowest BCUT2D eigenvalue weighted by Gasteiger charge is -2.22. The second-order valence-electron chi connectivity index (χ2n) is 8.14. The van der Waals surface area contributed by atoms with E-state index in [1.165, 1.54) is 18.5 Å². The Labute approximate surface area is 189 Å². The average Bonchev–Trinajstić information content (AvgIpc) is 3.51. The molecular weight excluding hydrogens is 419 g/mol. The molecule has 3 aromatic heterocycles. The molecule has 0 unspecified atom stereocenters. The molecule has 6 rings (SSSR count). The summed E-state index contributed by atoms with van der Waals surface area (Å²) >= 11 is 0. The van der Waals surface area contributed by atoms with Crippen LogP contribution in [0.3, 0.4) is 0 Å². The van der Waals surface area contributed by atoms with Gasteiger partial charge in [0.15, 0.2) is 0 Å². The summed E-state index contributed by atoms with van der Waals surface area (Å²) in [5, 5.41) is 5.74. The highest BCUT2D eigenvalue weighted by Crippen LogP contribution is 2.37. The molecule has 0 radical (unpaired) electrons. The van der Waals surface area contributed by atoms with Gasteiger partial charge in [-0.1, -0.05) is 30.3 Å². The fourth-order valence-corrected chi connectivity index (χ4v) is 4.34. The zero-order chi connectivity index (χ0) is 22.2. The highest BCUT2D eigenvalue weighted by Gasteiger charge is 2.23. The molecule has 1 saturated heterocycles. The lowest BCUT2D eigenvalue weighted by Crippen LogP contribution is -2.19. The first-order chi connectivity index (χ1) is 16.3. The van der Waals surface area contributed by atoms with Crippen LogP contribution in [0.2, 0.25) is 0 Å². The van der Waals surface area contributed by atoms with Crippen LogP contribution in [0.15, 0.2) is 77.6 Å². The molecule has 5 aromatic rings. The number of hydrogen-bond acceptors (Lipinski definition) is 5. The lowest BCUT2D eigenvalue weighted by molar-refractivity contribution is 0.0663. The number of fused-ring (bicyclic) bond motifs is 1. The number of ether oxygens (including phenoxy) is 1. The Balaban J connectivity index is 1.52. The van der Waals surface area contributed by atoms with Crippen molar-refractivity contribution in [2.24, 2.45) is 0 Å². The number of aromatic nitrogens is 4. The number of furan rings is 1. The van der Waals surface area contributed by atoms with Gasteiger partial charge in [0.05, 0.1) is 17.1 Å². The van der Waals surface area contributed by atoms with Crippen molar-refractivity contribution in [3.05, 3.63) is 79.0 Å². The van der Waals surface area contributed by atoms with E-state index in [0.717, 1.165) is 52.1 Å². The summed E-state index contributed by atoms with van der Waals surface area (Å²) in [6.07, 6.45) is 5.34. The van der Waals surface area contributed by atoms with E-state index < -0.39 is 0 Å². The molecule has 6 nitrogen and oxygen atoms in total. The molecule has 0 saturated carbocycles. The van der Waals surface area contributed by atoms with Gasteiger partial charge in [-0.3, -0.25) is 4.68 Å². The van der Waals surface area contributed by atoms with Gasteiger partial charge in [0.2, 0.25) is 5.71 Å². The van der Waals surface area contributed by atoms with E-state index in [1.807, 2.05) is 47.3 Å². The third-order valence-electron chi connectivity index (χ3n) is 6.06. The third-order valence-corrected chi connectivity index (χ3v) is 6.06. The Morgan fingerprint density at radius 3 is 2.45 bits per heavy atom. The minimum absolute atomic E-state index is 0.244. The molecule has 7 heteroatoms.